The zero-order chi connectivity index (χ0) is 21.5. The molecule has 1 aromatic heterocycles. The number of hydrogen-bond donors (Lipinski definition) is 2. The van der Waals surface area contributed by atoms with Crippen LogP contribution in [0.4, 0.5) is 20.2 Å². The molecular weight excluding hydrogens is 410 g/mol. The Morgan fingerprint density at radius 2 is 1.93 bits per heavy atom. The third-order valence-corrected chi connectivity index (χ3v) is 4.39. The number of alkyl halides is 2. The lowest BCUT2D eigenvalue weighted by Gasteiger charge is -2.14. The summed E-state index contributed by atoms with van der Waals surface area (Å²) in [7, 11) is 0. The van der Waals surface area contributed by atoms with E-state index in [4.69, 9.17) is 17.0 Å². The van der Waals surface area contributed by atoms with Crippen LogP contribution in [0.3, 0.4) is 0 Å². The number of halogens is 2. The minimum Gasteiger partial charge on any atom is -0.471 e. The minimum absolute atomic E-state index is 0.0120. The lowest BCUT2D eigenvalue weighted by Crippen LogP contribution is -2.20. The van der Waals surface area contributed by atoms with E-state index in [9.17, 15) is 8.78 Å². The van der Waals surface area contributed by atoms with E-state index in [0.29, 0.717) is 11.4 Å². The van der Waals surface area contributed by atoms with Crippen molar-refractivity contribution in [2.45, 2.75) is 33.6 Å². The highest BCUT2D eigenvalue weighted by molar-refractivity contribution is 7.80. The Balaban J connectivity index is 1.56. The lowest BCUT2D eigenvalue weighted by molar-refractivity contribution is -0.0493. The molecule has 0 spiro atoms. The van der Waals surface area contributed by atoms with Crippen LogP contribution in [0.2, 0.25) is 0 Å². The van der Waals surface area contributed by atoms with E-state index in [2.05, 4.69) is 27.4 Å². The van der Waals surface area contributed by atoms with Crippen LogP contribution in [0, 0.1) is 6.92 Å². The molecule has 0 aliphatic carbocycles. The van der Waals surface area contributed by atoms with Gasteiger partial charge in [0.1, 0.15) is 11.5 Å². The van der Waals surface area contributed by atoms with E-state index in [1.165, 1.54) is 11.6 Å². The summed E-state index contributed by atoms with van der Waals surface area (Å²) in [5, 5.41) is 10.3. The maximum absolute atomic E-state index is 12.6. The van der Waals surface area contributed by atoms with E-state index in [1.54, 1.807) is 29.2 Å². The Labute approximate surface area is 178 Å². The van der Waals surface area contributed by atoms with Gasteiger partial charge >= 0.3 is 6.61 Å². The molecule has 6 nitrogen and oxygen atoms in total. The Morgan fingerprint density at radius 1 is 1.17 bits per heavy atom. The number of hydrogen-bond acceptors (Lipinski definition) is 4. The fourth-order valence-electron chi connectivity index (χ4n) is 2.69. The molecule has 3 aromatic rings. The second kappa shape index (κ2) is 10.0. The van der Waals surface area contributed by atoms with Crippen molar-refractivity contribution in [2.75, 3.05) is 10.6 Å². The monoisotopic (exact) mass is 432 g/mol. The molecule has 0 unspecified atom stereocenters. The number of ether oxygens (including phenoxy) is 2. The first-order valence-corrected chi connectivity index (χ1v) is 9.71. The number of anilines is 2. The van der Waals surface area contributed by atoms with Gasteiger partial charge in [0.05, 0.1) is 23.8 Å². The molecule has 1 heterocycles. The van der Waals surface area contributed by atoms with Crippen LogP contribution >= 0.6 is 12.2 Å². The van der Waals surface area contributed by atoms with Gasteiger partial charge in [0, 0.05) is 0 Å². The number of rotatable bonds is 8. The molecule has 0 atom stereocenters. The second-order valence-corrected chi connectivity index (χ2v) is 6.90. The van der Waals surface area contributed by atoms with Crippen LogP contribution in [0.5, 0.6) is 11.5 Å². The largest absolute Gasteiger partial charge is 0.471 e. The molecule has 0 fully saturated rings. The van der Waals surface area contributed by atoms with Gasteiger partial charge in [-0.2, -0.15) is 13.9 Å². The number of aryl methyl sites for hydroxylation is 2. The first-order valence-electron chi connectivity index (χ1n) is 9.30. The van der Waals surface area contributed by atoms with Crippen LogP contribution in [0.15, 0.2) is 54.9 Å². The third kappa shape index (κ3) is 6.15. The lowest BCUT2D eigenvalue weighted by atomic mass is 10.2. The summed E-state index contributed by atoms with van der Waals surface area (Å²) in [6.07, 6.45) is 4.28. The van der Waals surface area contributed by atoms with E-state index in [-0.39, 0.29) is 17.6 Å². The molecule has 0 amide bonds. The van der Waals surface area contributed by atoms with Gasteiger partial charge in [-0.15, -0.1) is 0 Å². The number of thiocarbonyl (C=S) groups is 1. The first-order chi connectivity index (χ1) is 14.4. The highest BCUT2D eigenvalue weighted by Gasteiger charge is 2.11. The van der Waals surface area contributed by atoms with Crippen molar-refractivity contribution in [3.8, 4) is 11.5 Å². The minimum atomic E-state index is -2.92. The molecule has 3 rings (SSSR count). The number of nitrogens with one attached hydrogen (secondary N) is 2. The molecule has 2 aromatic carbocycles. The fourth-order valence-corrected chi connectivity index (χ4v) is 2.91. The summed E-state index contributed by atoms with van der Waals surface area (Å²) in [6.45, 7) is 1.25. The molecule has 2 N–H and O–H groups in total. The molecule has 0 radical (unpaired) electrons. The van der Waals surface area contributed by atoms with Crippen LogP contribution in [0.1, 0.15) is 18.1 Å². The van der Waals surface area contributed by atoms with Crippen molar-refractivity contribution in [1.29, 1.82) is 0 Å². The van der Waals surface area contributed by atoms with Gasteiger partial charge in [-0.3, -0.25) is 0 Å². The normalized spacial score (nSPS) is 10.7. The average Bonchev–Trinajstić information content (AvgIpc) is 3.15. The summed E-state index contributed by atoms with van der Waals surface area (Å²) >= 11 is 5.28. The zero-order valence-electron chi connectivity index (χ0n) is 16.6. The fraction of sp³-hybridized carbons (Fsp3) is 0.238. The predicted octanol–water partition coefficient (Wildman–Crippen LogP) is 5.20. The van der Waals surface area contributed by atoms with E-state index < -0.39 is 6.61 Å². The molecular formula is C21H22F2N4O2S. The van der Waals surface area contributed by atoms with Crippen LogP contribution in [0.25, 0.3) is 0 Å². The standard InChI is InChI=1S/C21H22F2N4O2S/c1-3-15-5-7-17(8-6-15)28-13-27-12-16(11-24-27)25-21(30)26-18-10-14(2)4-9-19(18)29-20(22)23/h4-12,20H,3,13H2,1-2H3,(H2,25,26,30). The van der Waals surface area contributed by atoms with Crippen molar-refractivity contribution < 1.29 is 18.3 Å². The molecule has 0 aliphatic heterocycles. The van der Waals surface area contributed by atoms with Crippen molar-refractivity contribution >= 4 is 28.7 Å². The Kier molecular flexibility index (Phi) is 7.18. The summed E-state index contributed by atoms with van der Waals surface area (Å²) in [5.74, 6) is 0.762. The molecule has 0 bridgehead atoms. The summed E-state index contributed by atoms with van der Waals surface area (Å²) in [6, 6.07) is 12.7. The maximum atomic E-state index is 12.6. The van der Waals surface area contributed by atoms with Gasteiger partial charge in [0.2, 0.25) is 0 Å². The number of nitrogens with zero attached hydrogens (tertiary/aromatic N) is 2. The number of benzene rings is 2. The quantitative estimate of drug-likeness (QED) is 0.477. The Morgan fingerprint density at radius 3 is 2.63 bits per heavy atom. The van der Waals surface area contributed by atoms with Crippen molar-refractivity contribution in [1.82, 2.24) is 9.78 Å². The van der Waals surface area contributed by atoms with Gasteiger partial charge in [-0.25, -0.2) is 4.68 Å². The molecule has 0 aliphatic rings. The van der Waals surface area contributed by atoms with Gasteiger partial charge < -0.3 is 20.1 Å². The molecule has 9 heteroatoms. The molecule has 0 saturated carbocycles. The first kappa shape index (κ1) is 21.5. The van der Waals surface area contributed by atoms with Gasteiger partial charge in [-0.05, 0) is 61.0 Å². The highest BCUT2D eigenvalue weighted by Crippen LogP contribution is 2.27. The van der Waals surface area contributed by atoms with Crippen molar-refractivity contribution in [2.24, 2.45) is 0 Å². The topological polar surface area (TPSA) is 60.3 Å². The van der Waals surface area contributed by atoms with Crippen LogP contribution in [-0.4, -0.2) is 21.5 Å². The van der Waals surface area contributed by atoms with E-state index in [1.807, 2.05) is 31.2 Å². The molecule has 158 valence electrons. The van der Waals surface area contributed by atoms with Gasteiger partial charge in [0.15, 0.2) is 11.8 Å². The van der Waals surface area contributed by atoms with Crippen molar-refractivity contribution in [3.05, 3.63) is 66.0 Å². The van der Waals surface area contributed by atoms with Crippen molar-refractivity contribution in [3.63, 3.8) is 0 Å². The zero-order valence-corrected chi connectivity index (χ0v) is 17.4. The van der Waals surface area contributed by atoms with Crippen LogP contribution < -0.4 is 20.1 Å². The maximum Gasteiger partial charge on any atom is 0.387 e. The second-order valence-electron chi connectivity index (χ2n) is 6.50. The smallest absolute Gasteiger partial charge is 0.387 e. The number of aromatic nitrogens is 2. The third-order valence-electron chi connectivity index (χ3n) is 4.19. The molecule has 0 saturated heterocycles. The highest BCUT2D eigenvalue weighted by atomic mass is 32.1. The Hall–Kier alpha value is -3.20. The SMILES string of the molecule is CCc1ccc(OCn2cc(NC(=S)Nc3cc(C)ccc3OC(F)F)cn2)cc1. The summed E-state index contributed by atoms with van der Waals surface area (Å²) in [4.78, 5) is 0. The summed E-state index contributed by atoms with van der Waals surface area (Å²) < 4.78 is 37.0. The summed E-state index contributed by atoms with van der Waals surface area (Å²) in [5.41, 5.74) is 3.09. The predicted molar refractivity (Wildman–Crippen MR) is 116 cm³/mol. The van der Waals surface area contributed by atoms with Crippen LogP contribution in [-0.2, 0) is 13.2 Å². The van der Waals surface area contributed by atoms with E-state index in [0.717, 1.165) is 17.7 Å². The average molecular weight is 432 g/mol. The van der Waals surface area contributed by atoms with Gasteiger partial charge in [0.25, 0.3) is 0 Å². The Bertz CT molecular complexity index is 993. The van der Waals surface area contributed by atoms with E-state index >= 15 is 0 Å². The van der Waals surface area contributed by atoms with Gasteiger partial charge in [-0.1, -0.05) is 25.1 Å². The molecule has 30 heavy (non-hydrogen) atoms.